The zero-order valence-electron chi connectivity index (χ0n) is 37.7. The van der Waals surface area contributed by atoms with Crippen LogP contribution in [0.1, 0.15) is 0 Å². The van der Waals surface area contributed by atoms with Crippen LogP contribution in [0, 0.1) is 0 Å². The normalized spacial score (nSPS) is 11.5. The van der Waals surface area contributed by atoms with E-state index in [9.17, 15) is 0 Å². The SMILES string of the molecule is c1ccc(-c2ccc(-c3ccc(N(c4ccc(-c5cccc6c5oc5ccccc56)cc4)c4ccccc4-c4ccccc4-c4ccccc4-n4c5ccccc5c5ccccc54)cc3)cc2)cc1. The summed E-state index contributed by atoms with van der Waals surface area (Å²) in [6.45, 7) is 0. The highest BCUT2D eigenvalue weighted by molar-refractivity contribution is 6.11. The van der Waals surface area contributed by atoms with Crippen molar-refractivity contribution in [2.45, 2.75) is 0 Å². The fourth-order valence-electron chi connectivity index (χ4n) is 10.4. The van der Waals surface area contributed by atoms with Gasteiger partial charge < -0.3 is 13.9 Å². The second kappa shape index (κ2) is 16.9. The molecule has 0 aliphatic heterocycles. The van der Waals surface area contributed by atoms with E-state index in [1.54, 1.807) is 0 Å². The van der Waals surface area contributed by atoms with Crippen molar-refractivity contribution in [1.29, 1.82) is 0 Å². The summed E-state index contributed by atoms with van der Waals surface area (Å²) in [4.78, 5) is 2.40. The van der Waals surface area contributed by atoms with E-state index in [1.165, 1.54) is 38.5 Å². The van der Waals surface area contributed by atoms with Crippen molar-refractivity contribution in [3.8, 4) is 61.3 Å². The van der Waals surface area contributed by atoms with Gasteiger partial charge in [0, 0.05) is 49.6 Å². The van der Waals surface area contributed by atoms with Gasteiger partial charge in [0.1, 0.15) is 11.2 Å². The number of rotatable bonds is 9. The second-order valence-electron chi connectivity index (χ2n) is 17.6. The molecule has 2 heterocycles. The molecule has 0 amide bonds. The Morgan fingerprint density at radius 3 is 1.36 bits per heavy atom. The summed E-state index contributed by atoms with van der Waals surface area (Å²) in [5.41, 5.74) is 20.0. The van der Waals surface area contributed by atoms with E-state index >= 15 is 0 Å². The van der Waals surface area contributed by atoms with Crippen molar-refractivity contribution >= 4 is 60.8 Å². The van der Waals surface area contributed by atoms with Gasteiger partial charge in [0.2, 0.25) is 0 Å². The number of hydrogen-bond acceptors (Lipinski definition) is 2. The number of para-hydroxylation sites is 6. The monoisotopic (exact) mass is 880 g/mol. The van der Waals surface area contributed by atoms with Gasteiger partial charge in [-0.25, -0.2) is 0 Å². The zero-order valence-corrected chi connectivity index (χ0v) is 37.7. The van der Waals surface area contributed by atoms with Crippen LogP contribution < -0.4 is 4.90 Å². The third-order valence-corrected chi connectivity index (χ3v) is 13.7. The van der Waals surface area contributed by atoms with Gasteiger partial charge >= 0.3 is 0 Å². The van der Waals surface area contributed by atoms with E-state index in [-0.39, 0.29) is 0 Å². The molecular formula is C66H44N2O. The minimum atomic E-state index is 0.896. The lowest BCUT2D eigenvalue weighted by molar-refractivity contribution is 0.670. The standard InChI is InChI=1S/C66H44N2O/c1-2-17-45(18-3-1)46-33-35-47(36-34-46)48-37-41-50(42-38-48)67(51-43-39-49(40-44-51)52-26-16-27-60-59-25-10-15-32-65(59)69-66(52)60)61-28-11-6-21-55(61)53-19-4-5-20-54(53)56-22-7-12-29-62(56)68-63-30-13-8-23-57(63)58-24-9-14-31-64(58)68/h1-44H. The highest BCUT2D eigenvalue weighted by Gasteiger charge is 2.22. The number of hydrogen-bond donors (Lipinski definition) is 0. The molecular weight excluding hydrogens is 837 g/mol. The van der Waals surface area contributed by atoms with E-state index in [0.29, 0.717) is 0 Å². The van der Waals surface area contributed by atoms with E-state index in [2.05, 4.69) is 264 Å². The van der Waals surface area contributed by atoms with Crippen LogP contribution in [-0.2, 0) is 0 Å². The number of aromatic nitrogens is 1. The molecule has 3 heteroatoms. The first-order valence-electron chi connectivity index (χ1n) is 23.6. The molecule has 69 heavy (non-hydrogen) atoms. The van der Waals surface area contributed by atoms with Crippen LogP contribution in [0.5, 0.6) is 0 Å². The van der Waals surface area contributed by atoms with Gasteiger partial charge in [0.15, 0.2) is 0 Å². The topological polar surface area (TPSA) is 21.3 Å². The van der Waals surface area contributed by atoms with Crippen LogP contribution in [0.4, 0.5) is 17.1 Å². The Balaban J connectivity index is 0.951. The highest BCUT2D eigenvalue weighted by Crippen LogP contribution is 2.46. The molecule has 0 aliphatic rings. The molecule has 0 bridgehead atoms. The van der Waals surface area contributed by atoms with Gasteiger partial charge in [-0.1, -0.05) is 212 Å². The summed E-state index contributed by atoms with van der Waals surface area (Å²) < 4.78 is 8.94. The van der Waals surface area contributed by atoms with Crippen LogP contribution in [0.15, 0.2) is 271 Å². The molecule has 11 aromatic carbocycles. The first-order valence-corrected chi connectivity index (χ1v) is 23.6. The second-order valence-corrected chi connectivity index (χ2v) is 17.6. The number of furan rings is 1. The van der Waals surface area contributed by atoms with E-state index < -0.39 is 0 Å². The average Bonchev–Trinajstić information content (AvgIpc) is 3.98. The van der Waals surface area contributed by atoms with Crippen molar-refractivity contribution in [2.24, 2.45) is 0 Å². The van der Waals surface area contributed by atoms with E-state index in [4.69, 9.17) is 4.42 Å². The Labute approximate surface area is 401 Å². The fraction of sp³-hybridized carbons (Fsp3) is 0. The molecule has 0 fully saturated rings. The number of fused-ring (bicyclic) bond motifs is 6. The van der Waals surface area contributed by atoms with Crippen LogP contribution in [0.3, 0.4) is 0 Å². The van der Waals surface area contributed by atoms with Gasteiger partial charge in [-0.2, -0.15) is 0 Å². The Kier molecular flexibility index (Phi) is 9.84. The van der Waals surface area contributed by atoms with Gasteiger partial charge in [-0.3, -0.25) is 0 Å². The maximum absolute atomic E-state index is 6.51. The summed E-state index contributed by atoms with van der Waals surface area (Å²) >= 11 is 0. The first-order chi connectivity index (χ1) is 34.2. The van der Waals surface area contributed by atoms with Gasteiger partial charge in [-0.15, -0.1) is 0 Å². The van der Waals surface area contributed by atoms with Crippen LogP contribution in [0.2, 0.25) is 0 Å². The van der Waals surface area contributed by atoms with Crippen molar-refractivity contribution in [3.05, 3.63) is 267 Å². The van der Waals surface area contributed by atoms with E-state index in [0.717, 1.165) is 83.6 Å². The molecule has 2 aromatic heterocycles. The number of anilines is 3. The number of benzene rings is 11. The van der Waals surface area contributed by atoms with Crippen molar-refractivity contribution in [3.63, 3.8) is 0 Å². The van der Waals surface area contributed by atoms with Crippen molar-refractivity contribution in [2.75, 3.05) is 4.90 Å². The molecule has 324 valence electrons. The largest absolute Gasteiger partial charge is 0.455 e. The molecule has 0 radical (unpaired) electrons. The summed E-state index contributed by atoms with van der Waals surface area (Å²) in [5.74, 6) is 0. The third-order valence-electron chi connectivity index (χ3n) is 13.7. The van der Waals surface area contributed by atoms with Crippen molar-refractivity contribution < 1.29 is 4.42 Å². The molecule has 0 N–H and O–H groups in total. The predicted molar refractivity (Wildman–Crippen MR) is 290 cm³/mol. The Bertz CT molecular complexity index is 3940. The average molecular weight is 881 g/mol. The molecule has 13 rings (SSSR count). The van der Waals surface area contributed by atoms with Crippen molar-refractivity contribution in [1.82, 2.24) is 4.57 Å². The van der Waals surface area contributed by atoms with Gasteiger partial charge in [0.05, 0.1) is 22.4 Å². The molecule has 3 nitrogen and oxygen atoms in total. The first kappa shape index (κ1) is 40.1. The molecule has 0 atom stereocenters. The molecule has 0 spiro atoms. The van der Waals surface area contributed by atoms with Gasteiger partial charge in [0.25, 0.3) is 0 Å². The molecule has 0 unspecified atom stereocenters. The number of nitrogens with zero attached hydrogens (tertiary/aromatic N) is 2. The predicted octanol–water partition coefficient (Wildman–Crippen LogP) is 18.5. The summed E-state index contributed by atoms with van der Waals surface area (Å²) in [6, 6.07) is 96.1. The molecule has 0 saturated heterocycles. The molecule has 13 aromatic rings. The minimum Gasteiger partial charge on any atom is -0.455 e. The maximum Gasteiger partial charge on any atom is 0.143 e. The smallest absolute Gasteiger partial charge is 0.143 e. The minimum absolute atomic E-state index is 0.896. The molecule has 0 saturated carbocycles. The lowest BCUT2D eigenvalue weighted by Crippen LogP contribution is -2.11. The quantitative estimate of drug-likeness (QED) is 0.144. The third kappa shape index (κ3) is 6.99. The lowest BCUT2D eigenvalue weighted by Gasteiger charge is -2.29. The van der Waals surface area contributed by atoms with Crippen LogP contribution in [0.25, 0.3) is 105 Å². The lowest BCUT2D eigenvalue weighted by atomic mass is 9.92. The highest BCUT2D eigenvalue weighted by atomic mass is 16.3. The maximum atomic E-state index is 6.51. The summed E-state index contributed by atoms with van der Waals surface area (Å²) in [5, 5.41) is 4.73. The summed E-state index contributed by atoms with van der Waals surface area (Å²) in [7, 11) is 0. The summed E-state index contributed by atoms with van der Waals surface area (Å²) in [6.07, 6.45) is 0. The van der Waals surface area contributed by atoms with E-state index in [1.807, 2.05) is 12.1 Å². The van der Waals surface area contributed by atoms with Crippen LogP contribution >= 0.6 is 0 Å². The van der Waals surface area contributed by atoms with Gasteiger partial charge in [-0.05, 0) is 93.5 Å². The Morgan fingerprint density at radius 2 is 0.710 bits per heavy atom. The fourth-order valence-corrected chi connectivity index (χ4v) is 10.4. The Hall–Kier alpha value is -9.18. The van der Waals surface area contributed by atoms with Crippen LogP contribution in [-0.4, -0.2) is 4.57 Å². The molecule has 0 aliphatic carbocycles. The zero-order chi connectivity index (χ0) is 45.7. The Morgan fingerprint density at radius 1 is 0.275 bits per heavy atom.